The molecule has 0 unspecified atom stereocenters. The molecule has 3 nitrogen and oxygen atoms in total. The topological polar surface area (TPSA) is 30.1 Å². The molecule has 3 heteroatoms. The van der Waals surface area contributed by atoms with Crippen molar-refractivity contribution in [2.75, 3.05) is 0 Å². The highest BCUT2D eigenvalue weighted by Crippen LogP contribution is 2.50. The molecule has 0 fully saturated rings. The molecule has 47 heavy (non-hydrogen) atoms. The van der Waals surface area contributed by atoms with Crippen molar-refractivity contribution >= 4 is 5.69 Å². The average molecular weight is 602 g/mol. The quantitative estimate of drug-likeness (QED) is 0.184. The molecule has 0 radical (unpaired) electrons. The van der Waals surface area contributed by atoms with E-state index in [9.17, 15) is 0 Å². The highest BCUT2D eigenvalue weighted by atomic mass is 14.9. The van der Waals surface area contributed by atoms with E-state index in [0.717, 1.165) is 44.8 Å². The molecule has 7 aromatic rings. The van der Waals surface area contributed by atoms with E-state index in [2.05, 4.69) is 134 Å². The van der Waals surface area contributed by atoms with Gasteiger partial charge in [0.05, 0.1) is 18.0 Å². The molecule has 6 aromatic carbocycles. The van der Waals surface area contributed by atoms with Crippen LogP contribution in [0.5, 0.6) is 0 Å². The molecule has 0 atom stereocenters. The number of rotatable bonds is 5. The highest BCUT2D eigenvalue weighted by Gasteiger charge is 2.35. The second-order valence-corrected chi connectivity index (χ2v) is 12.6. The van der Waals surface area contributed by atoms with Crippen molar-refractivity contribution < 1.29 is 0 Å². The Morgan fingerprint density at radius 3 is 1.70 bits per heavy atom. The van der Waals surface area contributed by atoms with Gasteiger partial charge in [-0.1, -0.05) is 147 Å². The molecule has 1 heterocycles. The Balaban J connectivity index is 1.18. The van der Waals surface area contributed by atoms with E-state index in [1.165, 1.54) is 27.8 Å². The minimum Gasteiger partial charge on any atom is -0.238 e. The first-order valence-electron chi connectivity index (χ1n) is 15.9. The van der Waals surface area contributed by atoms with E-state index >= 15 is 0 Å². The lowest BCUT2D eigenvalue weighted by molar-refractivity contribution is 0.661. The normalized spacial score (nSPS) is 12.6. The fourth-order valence-electron chi connectivity index (χ4n) is 6.77. The fraction of sp³-hybridized carbons (Fsp3) is 0.0682. The van der Waals surface area contributed by atoms with Crippen molar-refractivity contribution in [2.45, 2.75) is 19.3 Å². The van der Waals surface area contributed by atoms with Gasteiger partial charge in [0, 0.05) is 22.1 Å². The van der Waals surface area contributed by atoms with Crippen LogP contribution in [0.1, 0.15) is 25.0 Å². The van der Waals surface area contributed by atoms with Gasteiger partial charge in [0.25, 0.3) is 0 Å². The summed E-state index contributed by atoms with van der Waals surface area (Å²) in [6.07, 6.45) is 0. The summed E-state index contributed by atoms with van der Waals surface area (Å²) in [5.41, 5.74) is 15.0. The van der Waals surface area contributed by atoms with Crippen LogP contribution in [0, 0.1) is 6.57 Å². The van der Waals surface area contributed by atoms with Crippen molar-refractivity contribution in [3.8, 4) is 67.3 Å². The zero-order valence-electron chi connectivity index (χ0n) is 26.3. The van der Waals surface area contributed by atoms with Gasteiger partial charge in [0.15, 0.2) is 11.5 Å². The van der Waals surface area contributed by atoms with E-state index in [1.54, 1.807) is 0 Å². The summed E-state index contributed by atoms with van der Waals surface area (Å²) < 4.78 is 0. The zero-order valence-corrected chi connectivity index (χ0v) is 26.3. The van der Waals surface area contributed by atoms with E-state index in [1.807, 2.05) is 36.4 Å². The Kier molecular flexibility index (Phi) is 6.85. The Bertz CT molecular complexity index is 2310. The van der Waals surface area contributed by atoms with Crippen molar-refractivity contribution in [2.24, 2.45) is 0 Å². The minimum absolute atomic E-state index is 0.143. The lowest BCUT2D eigenvalue weighted by Gasteiger charge is -2.21. The molecular formula is C44H31N3. The van der Waals surface area contributed by atoms with Crippen molar-refractivity contribution in [1.82, 2.24) is 9.97 Å². The lowest BCUT2D eigenvalue weighted by atomic mass is 9.82. The molecule has 0 N–H and O–H groups in total. The van der Waals surface area contributed by atoms with Crippen molar-refractivity contribution in [3.05, 3.63) is 174 Å². The number of fused-ring (bicyclic) bond motifs is 3. The molecule has 0 bridgehead atoms. The summed E-state index contributed by atoms with van der Waals surface area (Å²) in [5.74, 6) is 0.699. The minimum atomic E-state index is -0.143. The first-order valence-corrected chi connectivity index (χ1v) is 15.9. The van der Waals surface area contributed by atoms with Gasteiger partial charge in [-0.15, -0.1) is 0 Å². The monoisotopic (exact) mass is 601 g/mol. The average Bonchev–Trinajstić information content (AvgIpc) is 3.37. The van der Waals surface area contributed by atoms with Crippen LogP contribution >= 0.6 is 0 Å². The molecule has 0 saturated carbocycles. The van der Waals surface area contributed by atoms with Crippen LogP contribution in [0.25, 0.3) is 72.1 Å². The third-order valence-electron chi connectivity index (χ3n) is 9.33. The SMILES string of the molecule is [C-]#[N+]c1ccc2c(c1)C(C)(C)c1ccc(-c3ccc(-c4cc(-c5ccccc5)nc(-c5cccc(-c6ccccc6)c5)n4)cc3)cc1-2. The predicted molar refractivity (Wildman–Crippen MR) is 193 cm³/mol. The molecule has 0 saturated heterocycles. The van der Waals surface area contributed by atoms with Gasteiger partial charge >= 0.3 is 0 Å². The van der Waals surface area contributed by atoms with E-state index in [0.29, 0.717) is 11.5 Å². The second kappa shape index (κ2) is 11.4. The van der Waals surface area contributed by atoms with E-state index in [4.69, 9.17) is 16.5 Å². The number of benzene rings is 6. The van der Waals surface area contributed by atoms with Crippen LogP contribution in [-0.2, 0) is 5.41 Å². The number of nitrogens with zero attached hydrogens (tertiary/aromatic N) is 3. The van der Waals surface area contributed by atoms with Gasteiger partial charge in [-0.2, -0.15) is 0 Å². The summed E-state index contributed by atoms with van der Waals surface area (Å²) >= 11 is 0. The second-order valence-electron chi connectivity index (χ2n) is 12.6. The summed E-state index contributed by atoms with van der Waals surface area (Å²) in [4.78, 5) is 13.8. The number of aromatic nitrogens is 2. The third-order valence-corrected chi connectivity index (χ3v) is 9.33. The van der Waals surface area contributed by atoms with Gasteiger partial charge in [0.2, 0.25) is 0 Å². The third kappa shape index (κ3) is 5.11. The summed E-state index contributed by atoms with van der Waals surface area (Å²) in [6, 6.07) is 52.8. The first kappa shape index (κ1) is 28.4. The Morgan fingerprint density at radius 1 is 0.447 bits per heavy atom. The standard InChI is InChI=1S/C44H31N3/c1-44(2)39-24-21-34(26-38(39)37-23-22-36(45-3)27-40(37)44)30-17-19-32(20-18-30)42-28-41(31-13-8-5-9-14-31)46-43(47-42)35-16-10-15-33(25-35)29-11-6-4-7-12-29/h4-28H,1-2H3. The Hall–Kier alpha value is -6.11. The van der Waals surface area contributed by atoms with Gasteiger partial charge in [-0.3, -0.25) is 0 Å². The number of hydrogen-bond donors (Lipinski definition) is 0. The van der Waals surface area contributed by atoms with Crippen LogP contribution in [0.15, 0.2) is 152 Å². The van der Waals surface area contributed by atoms with Crippen molar-refractivity contribution in [3.63, 3.8) is 0 Å². The smallest absolute Gasteiger partial charge is 0.187 e. The Labute approximate surface area is 275 Å². The van der Waals surface area contributed by atoms with Gasteiger partial charge < -0.3 is 0 Å². The van der Waals surface area contributed by atoms with Crippen LogP contribution in [0.4, 0.5) is 5.69 Å². The maximum absolute atomic E-state index is 7.49. The summed E-state index contributed by atoms with van der Waals surface area (Å²) in [7, 11) is 0. The van der Waals surface area contributed by atoms with Gasteiger partial charge in [-0.05, 0) is 62.7 Å². The van der Waals surface area contributed by atoms with Crippen LogP contribution in [-0.4, -0.2) is 9.97 Å². The molecule has 1 aromatic heterocycles. The zero-order chi connectivity index (χ0) is 32.0. The molecule has 1 aliphatic carbocycles. The van der Waals surface area contributed by atoms with Crippen molar-refractivity contribution in [1.29, 1.82) is 0 Å². The first-order chi connectivity index (χ1) is 23.0. The molecule has 0 amide bonds. The van der Waals surface area contributed by atoms with E-state index < -0.39 is 0 Å². The molecule has 222 valence electrons. The molecule has 0 aliphatic heterocycles. The van der Waals surface area contributed by atoms with Crippen LogP contribution < -0.4 is 0 Å². The van der Waals surface area contributed by atoms with Gasteiger partial charge in [-0.25, -0.2) is 14.8 Å². The molecular weight excluding hydrogens is 571 g/mol. The summed E-state index contributed by atoms with van der Waals surface area (Å²) in [5, 5.41) is 0. The molecule has 1 aliphatic rings. The largest absolute Gasteiger partial charge is 0.238 e. The van der Waals surface area contributed by atoms with E-state index in [-0.39, 0.29) is 5.41 Å². The number of hydrogen-bond acceptors (Lipinski definition) is 2. The fourth-order valence-corrected chi connectivity index (χ4v) is 6.77. The maximum Gasteiger partial charge on any atom is 0.187 e. The lowest BCUT2D eigenvalue weighted by Crippen LogP contribution is -2.14. The molecule has 8 rings (SSSR count). The maximum atomic E-state index is 7.49. The predicted octanol–water partition coefficient (Wildman–Crippen LogP) is 11.7. The van der Waals surface area contributed by atoms with Crippen LogP contribution in [0.3, 0.4) is 0 Å². The van der Waals surface area contributed by atoms with Crippen LogP contribution in [0.2, 0.25) is 0 Å². The summed E-state index contributed by atoms with van der Waals surface area (Å²) in [6.45, 7) is 12.0. The highest BCUT2D eigenvalue weighted by molar-refractivity contribution is 5.86. The van der Waals surface area contributed by atoms with Gasteiger partial charge in [0.1, 0.15) is 0 Å². The molecule has 0 spiro atoms. The Morgan fingerprint density at radius 2 is 1.00 bits per heavy atom.